The van der Waals surface area contributed by atoms with Crippen LogP contribution in [0.1, 0.15) is 48.2 Å². The Kier molecular flexibility index (Phi) is 4.11. The van der Waals surface area contributed by atoms with Crippen LogP contribution in [0.3, 0.4) is 0 Å². The van der Waals surface area contributed by atoms with E-state index in [0.29, 0.717) is 12.6 Å². The number of nitrogens with one attached hydrogen (secondary N) is 2. The number of hydrogen-bond acceptors (Lipinski definition) is 1. The number of benzene rings is 1. The zero-order valence-electron chi connectivity index (χ0n) is 13.0. The van der Waals surface area contributed by atoms with Gasteiger partial charge in [0.2, 0.25) is 5.78 Å². The van der Waals surface area contributed by atoms with Crippen molar-refractivity contribution >= 4 is 16.7 Å². The molecule has 1 aromatic carbocycles. The first-order valence-electron chi connectivity index (χ1n) is 8.09. The number of H-pyrrole nitrogens is 1. The van der Waals surface area contributed by atoms with E-state index in [1.807, 2.05) is 31.2 Å². The third-order valence-corrected chi connectivity index (χ3v) is 4.91. The molecule has 3 heteroatoms. The zero-order valence-corrected chi connectivity index (χ0v) is 13.0. The molecule has 1 aliphatic rings. The molecule has 0 saturated heterocycles. The first-order chi connectivity index (χ1) is 10.2. The first-order valence-corrected chi connectivity index (χ1v) is 8.09. The number of fused-ring (bicyclic) bond motifs is 1. The van der Waals surface area contributed by atoms with Crippen molar-refractivity contribution in [2.45, 2.75) is 45.1 Å². The number of para-hydroxylation sites is 1. The van der Waals surface area contributed by atoms with Gasteiger partial charge in [0.25, 0.3) is 0 Å². The van der Waals surface area contributed by atoms with E-state index in [2.05, 4.69) is 12.0 Å². The van der Waals surface area contributed by atoms with Crippen molar-refractivity contribution in [3.05, 3.63) is 35.5 Å². The van der Waals surface area contributed by atoms with Crippen molar-refractivity contribution in [2.24, 2.45) is 0 Å². The second kappa shape index (κ2) is 6.02. The van der Waals surface area contributed by atoms with E-state index in [4.69, 9.17) is 0 Å². The van der Waals surface area contributed by atoms with Crippen LogP contribution in [0.5, 0.6) is 0 Å². The summed E-state index contributed by atoms with van der Waals surface area (Å²) in [6, 6.07) is 8.75. The third kappa shape index (κ3) is 2.88. The summed E-state index contributed by atoms with van der Waals surface area (Å²) in [5, 5.41) is 1.07. The molecule has 3 rings (SSSR count). The van der Waals surface area contributed by atoms with Gasteiger partial charge in [-0.3, -0.25) is 4.79 Å². The summed E-state index contributed by atoms with van der Waals surface area (Å²) >= 11 is 0. The predicted octanol–water partition coefficient (Wildman–Crippen LogP) is 2.51. The molecule has 0 spiro atoms. The van der Waals surface area contributed by atoms with E-state index in [1.165, 1.54) is 37.0 Å². The minimum atomic E-state index is 0.271. The second-order valence-corrected chi connectivity index (χ2v) is 6.45. The number of aryl methyl sites for hydroxylation is 1. The number of ketones is 1. The minimum absolute atomic E-state index is 0.271. The van der Waals surface area contributed by atoms with Gasteiger partial charge in [-0.05, 0) is 38.7 Å². The molecule has 1 aliphatic carbocycles. The number of quaternary nitrogens is 1. The summed E-state index contributed by atoms with van der Waals surface area (Å²) in [7, 11) is 2.18. The highest BCUT2D eigenvalue weighted by Crippen LogP contribution is 2.22. The monoisotopic (exact) mass is 285 g/mol. The van der Waals surface area contributed by atoms with E-state index < -0.39 is 0 Å². The minimum Gasteiger partial charge on any atom is -0.358 e. The fourth-order valence-corrected chi connectivity index (χ4v) is 3.72. The Morgan fingerprint density at radius 3 is 2.71 bits per heavy atom. The van der Waals surface area contributed by atoms with Crippen molar-refractivity contribution in [1.82, 2.24) is 4.98 Å². The van der Waals surface area contributed by atoms with Crippen molar-refractivity contribution in [3.8, 4) is 0 Å². The number of carbonyl (C=O) groups is 1. The molecule has 0 bridgehead atoms. The highest BCUT2D eigenvalue weighted by atomic mass is 16.1. The maximum Gasteiger partial charge on any atom is 0.219 e. The number of carbonyl (C=O) groups excluding carboxylic acids is 1. The molecule has 1 unspecified atom stereocenters. The number of likely N-dealkylation sites (N-methyl/N-ethyl adjacent to an activating group) is 1. The van der Waals surface area contributed by atoms with E-state index in [-0.39, 0.29) is 5.78 Å². The van der Waals surface area contributed by atoms with E-state index in [9.17, 15) is 4.79 Å². The normalized spacial score (nSPS) is 18.0. The summed E-state index contributed by atoms with van der Waals surface area (Å²) in [4.78, 5) is 17.5. The Morgan fingerprint density at radius 2 is 1.95 bits per heavy atom. The van der Waals surface area contributed by atoms with E-state index in [1.54, 1.807) is 0 Å². The van der Waals surface area contributed by atoms with Gasteiger partial charge in [0, 0.05) is 16.6 Å². The molecule has 0 radical (unpaired) electrons. The Balaban J connectivity index is 1.79. The maximum absolute atomic E-state index is 12.8. The number of aromatic nitrogens is 1. The standard InChI is InChI=1S/C18H24N2O/c1-13-18(15-10-6-7-11-16(15)19-13)17(21)12-20(2)14-8-4-3-5-9-14/h6-7,10-11,14,19H,3-5,8-9,12H2,1-2H3/p+1. The van der Waals surface area contributed by atoms with Crippen molar-refractivity contribution in [3.63, 3.8) is 0 Å². The Hall–Kier alpha value is -1.61. The summed E-state index contributed by atoms with van der Waals surface area (Å²) in [5.41, 5.74) is 2.95. The van der Waals surface area contributed by atoms with Crippen LogP contribution >= 0.6 is 0 Å². The Labute approximate surface area is 126 Å². The van der Waals surface area contributed by atoms with Gasteiger partial charge in [-0.1, -0.05) is 24.6 Å². The molecule has 2 aromatic rings. The fourth-order valence-electron chi connectivity index (χ4n) is 3.72. The van der Waals surface area contributed by atoms with Gasteiger partial charge in [0.15, 0.2) is 0 Å². The smallest absolute Gasteiger partial charge is 0.219 e. The maximum atomic E-state index is 12.8. The highest BCUT2D eigenvalue weighted by molar-refractivity contribution is 6.09. The zero-order chi connectivity index (χ0) is 14.8. The van der Waals surface area contributed by atoms with Crippen LogP contribution in [0.25, 0.3) is 10.9 Å². The van der Waals surface area contributed by atoms with Crippen LogP contribution in [0.4, 0.5) is 0 Å². The average Bonchev–Trinajstić information content (AvgIpc) is 2.83. The summed E-state index contributed by atoms with van der Waals surface area (Å²) in [5.74, 6) is 0.271. The van der Waals surface area contributed by atoms with Gasteiger partial charge in [0.1, 0.15) is 6.54 Å². The van der Waals surface area contributed by atoms with Gasteiger partial charge in [-0.2, -0.15) is 0 Å². The SMILES string of the molecule is Cc1[nH]c2ccccc2c1C(=O)C[NH+](C)C1CCCCC1. The fraction of sp³-hybridized carbons (Fsp3) is 0.500. The molecular weight excluding hydrogens is 260 g/mol. The molecule has 1 atom stereocenters. The lowest BCUT2D eigenvalue weighted by Crippen LogP contribution is -3.14. The third-order valence-electron chi connectivity index (χ3n) is 4.91. The van der Waals surface area contributed by atoms with E-state index in [0.717, 1.165) is 22.2 Å². The Bertz CT molecular complexity index is 638. The molecule has 1 heterocycles. The molecule has 21 heavy (non-hydrogen) atoms. The molecular formula is C18H25N2O+. The summed E-state index contributed by atoms with van der Waals surface area (Å²) in [6.45, 7) is 2.61. The molecule has 0 aliphatic heterocycles. The molecule has 3 nitrogen and oxygen atoms in total. The van der Waals surface area contributed by atoms with Crippen LogP contribution in [0.15, 0.2) is 24.3 Å². The second-order valence-electron chi connectivity index (χ2n) is 6.45. The molecule has 112 valence electrons. The quantitative estimate of drug-likeness (QED) is 0.832. The van der Waals surface area contributed by atoms with Gasteiger partial charge in [0.05, 0.1) is 18.7 Å². The largest absolute Gasteiger partial charge is 0.358 e. The van der Waals surface area contributed by atoms with Crippen molar-refractivity contribution < 1.29 is 9.69 Å². The summed E-state index contributed by atoms with van der Waals surface area (Å²) < 4.78 is 0. The lowest BCUT2D eigenvalue weighted by molar-refractivity contribution is -0.898. The van der Waals surface area contributed by atoms with Gasteiger partial charge >= 0.3 is 0 Å². The number of aromatic amines is 1. The number of rotatable bonds is 4. The predicted molar refractivity (Wildman–Crippen MR) is 86.0 cm³/mol. The van der Waals surface area contributed by atoms with Gasteiger partial charge in [-0.15, -0.1) is 0 Å². The van der Waals surface area contributed by atoms with Crippen LogP contribution < -0.4 is 4.90 Å². The van der Waals surface area contributed by atoms with Gasteiger partial charge < -0.3 is 9.88 Å². The highest BCUT2D eigenvalue weighted by Gasteiger charge is 2.25. The van der Waals surface area contributed by atoms with E-state index >= 15 is 0 Å². The molecule has 0 amide bonds. The lowest BCUT2D eigenvalue weighted by atomic mass is 9.94. The number of hydrogen-bond donors (Lipinski definition) is 2. The Morgan fingerprint density at radius 1 is 1.24 bits per heavy atom. The van der Waals surface area contributed by atoms with Gasteiger partial charge in [-0.25, -0.2) is 0 Å². The lowest BCUT2D eigenvalue weighted by Gasteiger charge is -2.27. The van der Waals surface area contributed by atoms with Crippen molar-refractivity contribution in [2.75, 3.05) is 13.6 Å². The van der Waals surface area contributed by atoms with Crippen LogP contribution in [0.2, 0.25) is 0 Å². The van der Waals surface area contributed by atoms with Crippen LogP contribution in [0, 0.1) is 6.92 Å². The molecule has 2 N–H and O–H groups in total. The van der Waals surface area contributed by atoms with Crippen molar-refractivity contribution in [1.29, 1.82) is 0 Å². The number of Topliss-reactive ketones (excluding diaryl/α,β-unsaturated/α-hetero) is 1. The first kappa shape index (κ1) is 14.3. The molecule has 1 saturated carbocycles. The molecule has 1 aromatic heterocycles. The molecule has 1 fully saturated rings. The average molecular weight is 285 g/mol. The van der Waals surface area contributed by atoms with Crippen LogP contribution in [-0.4, -0.2) is 30.4 Å². The topological polar surface area (TPSA) is 37.3 Å². The van der Waals surface area contributed by atoms with Crippen LogP contribution in [-0.2, 0) is 0 Å². The summed E-state index contributed by atoms with van der Waals surface area (Å²) in [6.07, 6.45) is 6.54.